The monoisotopic (exact) mass is 393 g/mol. The second-order valence-corrected chi connectivity index (χ2v) is 8.35. The lowest BCUT2D eigenvalue weighted by Crippen LogP contribution is -3.08. The Morgan fingerprint density at radius 3 is 2.48 bits per heavy atom. The number of methoxy groups -OCH3 is 2. The summed E-state index contributed by atoms with van der Waals surface area (Å²) in [6.07, 6.45) is 1.13. The molecule has 2 rings (SSSR count). The number of nitrogens with one attached hydrogen (secondary N) is 2. The highest BCUT2D eigenvalue weighted by molar-refractivity contribution is 7.90. The number of likely N-dealkylation sites (N-methyl/N-ethyl adjacent to an activating group) is 1. The van der Waals surface area contributed by atoms with Crippen LogP contribution in [0.4, 0.5) is 5.69 Å². The van der Waals surface area contributed by atoms with E-state index in [2.05, 4.69) is 5.32 Å². The van der Waals surface area contributed by atoms with Crippen molar-refractivity contribution in [2.24, 2.45) is 0 Å². The number of amides is 1. The van der Waals surface area contributed by atoms with Gasteiger partial charge in [0, 0.05) is 23.6 Å². The van der Waals surface area contributed by atoms with Gasteiger partial charge in [-0.2, -0.15) is 0 Å². The van der Waals surface area contributed by atoms with Gasteiger partial charge >= 0.3 is 0 Å². The minimum absolute atomic E-state index is 0.170. The molecule has 2 N–H and O–H groups in total. The number of carbonyl (C=O) groups excluding carboxylic acids is 1. The minimum atomic E-state index is -3.32. The molecule has 1 amide bonds. The van der Waals surface area contributed by atoms with Crippen LogP contribution in [0.1, 0.15) is 5.56 Å². The maximum absolute atomic E-state index is 12.3. The van der Waals surface area contributed by atoms with Crippen LogP contribution in [0.2, 0.25) is 0 Å². The quantitative estimate of drug-likeness (QED) is 0.692. The first kappa shape index (κ1) is 20.7. The zero-order valence-electron chi connectivity index (χ0n) is 15.9. The van der Waals surface area contributed by atoms with E-state index >= 15 is 0 Å². The molecule has 0 fully saturated rings. The van der Waals surface area contributed by atoms with Crippen molar-refractivity contribution in [3.8, 4) is 11.5 Å². The summed E-state index contributed by atoms with van der Waals surface area (Å²) >= 11 is 0. The number of carbonyl (C=O) groups is 1. The van der Waals surface area contributed by atoms with Gasteiger partial charge in [-0.3, -0.25) is 4.79 Å². The number of quaternary nitrogens is 1. The highest BCUT2D eigenvalue weighted by Gasteiger charge is 2.15. The Labute approximate surface area is 159 Å². The number of benzene rings is 2. The molecule has 1 atom stereocenters. The van der Waals surface area contributed by atoms with Crippen molar-refractivity contribution in [3.05, 3.63) is 48.0 Å². The molecule has 2 aromatic carbocycles. The van der Waals surface area contributed by atoms with Crippen molar-refractivity contribution in [1.82, 2.24) is 0 Å². The van der Waals surface area contributed by atoms with Gasteiger partial charge in [0.05, 0.1) is 26.2 Å². The maximum Gasteiger partial charge on any atom is 0.279 e. The van der Waals surface area contributed by atoms with E-state index in [0.717, 1.165) is 16.7 Å². The highest BCUT2D eigenvalue weighted by atomic mass is 32.2. The molecule has 0 aliphatic rings. The van der Waals surface area contributed by atoms with Crippen LogP contribution in [0.5, 0.6) is 11.5 Å². The fourth-order valence-electron chi connectivity index (χ4n) is 2.67. The Hall–Kier alpha value is -2.58. The number of sulfone groups is 1. The lowest BCUT2D eigenvalue weighted by molar-refractivity contribution is -0.885. The third-order valence-corrected chi connectivity index (χ3v) is 5.10. The van der Waals surface area contributed by atoms with Crippen LogP contribution < -0.4 is 19.7 Å². The zero-order chi connectivity index (χ0) is 20.0. The standard InChI is InChI=1S/C19H24N2O5S/c1-21(12-14-8-9-16(25-2)11-18(14)26-3)13-19(22)20-15-6-5-7-17(10-15)27(4,23)24/h5-11H,12-13H2,1-4H3,(H,20,22)/p+1. The van der Waals surface area contributed by atoms with Gasteiger partial charge in [-0.25, -0.2) is 8.42 Å². The Morgan fingerprint density at radius 1 is 1.11 bits per heavy atom. The molecule has 27 heavy (non-hydrogen) atoms. The van der Waals surface area contributed by atoms with E-state index in [0.29, 0.717) is 23.7 Å². The van der Waals surface area contributed by atoms with Gasteiger partial charge in [0.2, 0.25) is 0 Å². The van der Waals surface area contributed by atoms with E-state index in [-0.39, 0.29) is 17.3 Å². The average Bonchev–Trinajstić information content (AvgIpc) is 2.61. The number of hydrogen-bond donors (Lipinski definition) is 2. The summed E-state index contributed by atoms with van der Waals surface area (Å²) in [6.45, 7) is 0.808. The molecule has 0 aliphatic carbocycles. The molecule has 7 nitrogen and oxygen atoms in total. The van der Waals surface area contributed by atoms with Gasteiger partial charge in [0.25, 0.3) is 5.91 Å². The smallest absolute Gasteiger partial charge is 0.279 e. The maximum atomic E-state index is 12.3. The minimum Gasteiger partial charge on any atom is -0.497 e. The molecule has 0 saturated heterocycles. The molecule has 0 radical (unpaired) electrons. The molecule has 1 unspecified atom stereocenters. The largest absolute Gasteiger partial charge is 0.497 e. The van der Waals surface area contributed by atoms with Crippen LogP contribution in [0.25, 0.3) is 0 Å². The van der Waals surface area contributed by atoms with Crippen molar-refractivity contribution in [2.75, 3.05) is 39.4 Å². The summed E-state index contributed by atoms with van der Waals surface area (Å²) in [5.74, 6) is 1.21. The molecule has 0 aliphatic heterocycles. The van der Waals surface area contributed by atoms with Gasteiger partial charge in [-0.05, 0) is 30.3 Å². The molecular weight excluding hydrogens is 368 g/mol. The van der Waals surface area contributed by atoms with Gasteiger partial charge < -0.3 is 19.7 Å². The summed E-state index contributed by atoms with van der Waals surface area (Å²) in [5, 5.41) is 2.74. The second-order valence-electron chi connectivity index (χ2n) is 6.34. The first-order valence-corrected chi connectivity index (χ1v) is 10.2. The summed E-state index contributed by atoms with van der Waals surface area (Å²) < 4.78 is 33.8. The Balaban J connectivity index is 2.00. The Bertz CT molecular complexity index is 912. The summed E-state index contributed by atoms with van der Waals surface area (Å²) in [4.78, 5) is 13.4. The van der Waals surface area contributed by atoms with Gasteiger partial charge in [-0.15, -0.1) is 0 Å². The average molecular weight is 393 g/mol. The van der Waals surface area contributed by atoms with Gasteiger partial charge in [-0.1, -0.05) is 6.07 Å². The lowest BCUT2D eigenvalue weighted by atomic mass is 10.2. The number of anilines is 1. The van der Waals surface area contributed by atoms with Crippen molar-refractivity contribution in [3.63, 3.8) is 0 Å². The fraction of sp³-hybridized carbons (Fsp3) is 0.316. The van der Waals surface area contributed by atoms with E-state index in [1.807, 2.05) is 19.2 Å². The SMILES string of the molecule is COc1ccc(C[NH+](C)CC(=O)Nc2cccc(S(C)(=O)=O)c2)c(OC)c1. The van der Waals surface area contributed by atoms with Crippen molar-refractivity contribution >= 4 is 21.4 Å². The molecule has 0 spiro atoms. The van der Waals surface area contributed by atoms with Gasteiger partial charge in [0.15, 0.2) is 16.4 Å². The molecular formula is C19H25N2O5S+. The third-order valence-electron chi connectivity index (χ3n) is 3.99. The first-order chi connectivity index (χ1) is 12.7. The van der Waals surface area contributed by atoms with Crippen LogP contribution in [0.15, 0.2) is 47.4 Å². The molecule has 0 heterocycles. The Morgan fingerprint density at radius 2 is 1.85 bits per heavy atom. The van der Waals surface area contributed by atoms with Gasteiger partial charge in [0.1, 0.15) is 18.0 Å². The van der Waals surface area contributed by atoms with Crippen LogP contribution >= 0.6 is 0 Å². The molecule has 0 saturated carbocycles. The number of rotatable bonds is 8. The molecule has 0 aromatic heterocycles. The topological polar surface area (TPSA) is 86.1 Å². The van der Waals surface area contributed by atoms with E-state index in [9.17, 15) is 13.2 Å². The van der Waals surface area contributed by atoms with E-state index in [4.69, 9.17) is 9.47 Å². The summed E-state index contributed by atoms with van der Waals surface area (Å²) in [7, 11) is 1.76. The molecule has 0 bridgehead atoms. The summed E-state index contributed by atoms with van der Waals surface area (Å²) in [6, 6.07) is 11.8. The van der Waals surface area contributed by atoms with Crippen molar-refractivity contribution < 1.29 is 27.6 Å². The molecule has 2 aromatic rings. The lowest BCUT2D eigenvalue weighted by Gasteiger charge is -2.16. The summed E-state index contributed by atoms with van der Waals surface area (Å²) in [5.41, 5.74) is 1.42. The fourth-order valence-corrected chi connectivity index (χ4v) is 3.34. The van der Waals surface area contributed by atoms with Crippen LogP contribution in [0, 0.1) is 0 Å². The van der Waals surface area contributed by atoms with Crippen LogP contribution in [-0.4, -0.2) is 48.4 Å². The van der Waals surface area contributed by atoms with E-state index in [1.165, 1.54) is 12.1 Å². The number of ether oxygens (including phenoxy) is 2. The highest BCUT2D eigenvalue weighted by Crippen LogP contribution is 2.23. The van der Waals surface area contributed by atoms with Crippen LogP contribution in [0.3, 0.4) is 0 Å². The normalized spacial score (nSPS) is 12.3. The zero-order valence-corrected chi connectivity index (χ0v) is 16.7. The Kier molecular flexibility index (Phi) is 6.81. The van der Waals surface area contributed by atoms with Crippen molar-refractivity contribution in [2.45, 2.75) is 11.4 Å². The predicted molar refractivity (Wildman–Crippen MR) is 103 cm³/mol. The van der Waals surface area contributed by atoms with Crippen LogP contribution in [-0.2, 0) is 21.2 Å². The predicted octanol–water partition coefficient (Wildman–Crippen LogP) is 0.761. The van der Waals surface area contributed by atoms with Crippen molar-refractivity contribution in [1.29, 1.82) is 0 Å². The first-order valence-electron chi connectivity index (χ1n) is 8.35. The van der Waals surface area contributed by atoms with E-state index < -0.39 is 9.84 Å². The molecule has 8 heteroatoms. The number of hydrogen-bond acceptors (Lipinski definition) is 5. The second kappa shape index (κ2) is 8.88. The molecule has 146 valence electrons. The van der Waals surface area contributed by atoms with E-state index in [1.54, 1.807) is 32.4 Å². The third kappa shape index (κ3) is 5.97.